The third kappa shape index (κ3) is 5.90. The molecule has 0 saturated carbocycles. The van der Waals surface area contributed by atoms with Crippen molar-refractivity contribution in [1.82, 2.24) is 15.4 Å². The summed E-state index contributed by atoms with van der Waals surface area (Å²) < 4.78 is 0. The Morgan fingerprint density at radius 3 is 2.21 bits per heavy atom. The number of hydrogen-bond acceptors (Lipinski definition) is 3. The molecule has 24 heavy (non-hydrogen) atoms. The van der Waals surface area contributed by atoms with Crippen molar-refractivity contribution in [1.29, 1.82) is 0 Å². The summed E-state index contributed by atoms with van der Waals surface area (Å²) in [5, 5.41) is 11.1. The second-order valence-electron chi connectivity index (χ2n) is 6.88. The molecule has 2 rings (SSSR count). The van der Waals surface area contributed by atoms with E-state index >= 15 is 0 Å². The fourth-order valence-electron chi connectivity index (χ4n) is 3.47. The van der Waals surface area contributed by atoms with Gasteiger partial charge in [0.05, 0.1) is 5.52 Å². The molecule has 1 aromatic carbocycles. The highest BCUT2D eigenvalue weighted by atomic mass is 15.3. The van der Waals surface area contributed by atoms with Crippen molar-refractivity contribution >= 4 is 11.0 Å². The molecule has 0 unspecified atom stereocenters. The van der Waals surface area contributed by atoms with Crippen LogP contribution in [0.1, 0.15) is 82.3 Å². The van der Waals surface area contributed by atoms with E-state index in [1.165, 1.54) is 75.3 Å². The van der Waals surface area contributed by atoms with Crippen LogP contribution in [0.5, 0.6) is 0 Å². The Morgan fingerprint density at radius 2 is 1.54 bits per heavy atom. The molecule has 3 N–H and O–H groups in total. The fourth-order valence-corrected chi connectivity index (χ4v) is 3.47. The summed E-state index contributed by atoms with van der Waals surface area (Å²) in [5.41, 5.74) is 10.5. The van der Waals surface area contributed by atoms with Gasteiger partial charge in [-0.2, -0.15) is 0 Å². The Labute approximate surface area is 146 Å². The topological polar surface area (TPSA) is 67.6 Å². The lowest BCUT2D eigenvalue weighted by atomic mass is 9.97. The summed E-state index contributed by atoms with van der Waals surface area (Å²) in [6, 6.07) is 4.32. The molecule has 4 nitrogen and oxygen atoms in total. The lowest BCUT2D eigenvalue weighted by Crippen LogP contribution is -2.06. The number of nitrogens with zero attached hydrogens (tertiary/aromatic N) is 2. The van der Waals surface area contributed by atoms with Crippen LogP contribution >= 0.6 is 0 Å². The molecule has 0 amide bonds. The third-order valence-electron chi connectivity index (χ3n) is 4.89. The number of aryl methyl sites for hydroxylation is 1. The summed E-state index contributed by atoms with van der Waals surface area (Å²) >= 11 is 0. The summed E-state index contributed by atoms with van der Waals surface area (Å²) in [4.78, 5) is 0. The Balaban J connectivity index is 1.67. The maximum Gasteiger partial charge on any atom is 0.116 e. The molecular weight excluding hydrogens is 296 g/mol. The molecule has 0 atom stereocenters. The number of rotatable bonds is 13. The molecule has 4 heteroatoms. The lowest BCUT2D eigenvalue weighted by molar-refractivity contribution is 0.556. The highest BCUT2D eigenvalue weighted by Gasteiger charge is 2.09. The summed E-state index contributed by atoms with van der Waals surface area (Å²) in [6.45, 7) is 2.94. The SMILES string of the molecule is CCCCCCCCCCCCc1ccc2[nH]nnc2c1CCN. The van der Waals surface area contributed by atoms with Gasteiger partial charge in [0.2, 0.25) is 0 Å². The van der Waals surface area contributed by atoms with Gasteiger partial charge in [-0.1, -0.05) is 76.0 Å². The number of aromatic nitrogens is 3. The molecule has 0 fully saturated rings. The van der Waals surface area contributed by atoms with Gasteiger partial charge in [-0.25, -0.2) is 0 Å². The number of H-pyrrole nitrogens is 1. The molecule has 0 aliphatic rings. The smallest absolute Gasteiger partial charge is 0.116 e. The van der Waals surface area contributed by atoms with Crippen LogP contribution in [-0.4, -0.2) is 22.0 Å². The van der Waals surface area contributed by atoms with Crippen molar-refractivity contribution in [2.24, 2.45) is 5.73 Å². The zero-order chi connectivity index (χ0) is 17.0. The molecular formula is C20H34N4. The van der Waals surface area contributed by atoms with Gasteiger partial charge in [0.15, 0.2) is 0 Å². The second kappa shape index (κ2) is 11.2. The predicted octanol–water partition coefficient (Wildman–Crippen LogP) is 4.92. The molecule has 0 radical (unpaired) electrons. The van der Waals surface area contributed by atoms with E-state index < -0.39 is 0 Å². The molecule has 1 aromatic heterocycles. The Bertz CT molecular complexity index is 576. The van der Waals surface area contributed by atoms with Crippen LogP contribution in [-0.2, 0) is 12.8 Å². The Hall–Kier alpha value is -1.42. The standard InChI is InChI=1S/C20H34N4/c1-2-3-4-5-6-7-8-9-10-11-12-17-13-14-19-20(23-24-22-19)18(17)15-16-21/h13-14H,2-12,15-16,21H2,1H3,(H,22,23,24). The molecule has 1 heterocycles. The number of unbranched alkanes of at least 4 members (excludes halogenated alkanes) is 9. The minimum Gasteiger partial charge on any atom is -0.330 e. The summed E-state index contributed by atoms with van der Waals surface area (Å²) in [5.74, 6) is 0. The highest BCUT2D eigenvalue weighted by molar-refractivity contribution is 5.78. The fraction of sp³-hybridized carbons (Fsp3) is 0.700. The van der Waals surface area contributed by atoms with Crippen molar-refractivity contribution in [3.05, 3.63) is 23.3 Å². The number of fused-ring (bicyclic) bond motifs is 1. The van der Waals surface area contributed by atoms with Gasteiger partial charge in [-0.05, 0) is 43.0 Å². The van der Waals surface area contributed by atoms with E-state index in [4.69, 9.17) is 5.73 Å². The molecule has 0 bridgehead atoms. The van der Waals surface area contributed by atoms with Gasteiger partial charge in [0, 0.05) is 0 Å². The Morgan fingerprint density at radius 1 is 0.875 bits per heavy atom. The first-order valence-electron chi connectivity index (χ1n) is 9.88. The van der Waals surface area contributed by atoms with Crippen molar-refractivity contribution < 1.29 is 0 Å². The van der Waals surface area contributed by atoms with Crippen molar-refractivity contribution in [2.45, 2.75) is 84.0 Å². The first-order valence-corrected chi connectivity index (χ1v) is 9.88. The van der Waals surface area contributed by atoms with E-state index in [0.29, 0.717) is 6.54 Å². The van der Waals surface area contributed by atoms with Crippen molar-refractivity contribution in [2.75, 3.05) is 6.54 Å². The average Bonchev–Trinajstić information content (AvgIpc) is 3.07. The minimum atomic E-state index is 0.664. The van der Waals surface area contributed by atoms with E-state index in [9.17, 15) is 0 Å². The third-order valence-corrected chi connectivity index (χ3v) is 4.89. The molecule has 134 valence electrons. The molecule has 2 aromatic rings. The van der Waals surface area contributed by atoms with Gasteiger partial charge in [-0.15, -0.1) is 5.10 Å². The largest absolute Gasteiger partial charge is 0.330 e. The highest BCUT2D eigenvalue weighted by Crippen LogP contribution is 2.21. The van der Waals surface area contributed by atoms with Crippen LogP contribution < -0.4 is 5.73 Å². The van der Waals surface area contributed by atoms with Crippen LogP contribution in [0.2, 0.25) is 0 Å². The summed E-state index contributed by atoms with van der Waals surface area (Å²) in [7, 11) is 0. The number of aromatic amines is 1. The van der Waals surface area contributed by atoms with Crippen molar-refractivity contribution in [3.63, 3.8) is 0 Å². The number of hydrogen-bond donors (Lipinski definition) is 2. The van der Waals surface area contributed by atoms with Crippen LogP contribution in [0.3, 0.4) is 0 Å². The van der Waals surface area contributed by atoms with E-state index in [1.807, 2.05) is 0 Å². The normalized spacial score (nSPS) is 11.4. The minimum absolute atomic E-state index is 0.664. The first kappa shape index (κ1) is 18.9. The zero-order valence-corrected chi connectivity index (χ0v) is 15.3. The first-order chi connectivity index (χ1) is 11.9. The van der Waals surface area contributed by atoms with Crippen molar-refractivity contribution in [3.8, 4) is 0 Å². The van der Waals surface area contributed by atoms with Crippen LogP contribution in [0.25, 0.3) is 11.0 Å². The summed E-state index contributed by atoms with van der Waals surface area (Å²) in [6.07, 6.45) is 15.8. The zero-order valence-electron chi connectivity index (χ0n) is 15.3. The molecule has 0 aliphatic heterocycles. The van der Waals surface area contributed by atoms with Crippen LogP contribution in [0.15, 0.2) is 12.1 Å². The lowest BCUT2D eigenvalue weighted by Gasteiger charge is -2.09. The maximum absolute atomic E-state index is 5.78. The average molecular weight is 331 g/mol. The molecule has 0 spiro atoms. The van der Waals surface area contributed by atoms with Gasteiger partial charge >= 0.3 is 0 Å². The number of benzene rings is 1. The maximum atomic E-state index is 5.78. The van der Waals surface area contributed by atoms with Crippen LogP contribution in [0, 0.1) is 0 Å². The van der Waals surface area contributed by atoms with E-state index in [2.05, 4.69) is 34.5 Å². The van der Waals surface area contributed by atoms with Crippen LogP contribution in [0.4, 0.5) is 0 Å². The number of nitrogens with one attached hydrogen (secondary N) is 1. The Kier molecular flexibility index (Phi) is 8.82. The quantitative estimate of drug-likeness (QED) is 0.512. The van der Waals surface area contributed by atoms with Gasteiger partial charge in [0.1, 0.15) is 5.52 Å². The van der Waals surface area contributed by atoms with Gasteiger partial charge < -0.3 is 5.73 Å². The van der Waals surface area contributed by atoms with Gasteiger partial charge in [-0.3, -0.25) is 5.10 Å². The molecule has 0 saturated heterocycles. The number of nitrogens with two attached hydrogens (primary N) is 1. The van der Waals surface area contributed by atoms with E-state index in [1.54, 1.807) is 0 Å². The van der Waals surface area contributed by atoms with E-state index in [-0.39, 0.29) is 0 Å². The van der Waals surface area contributed by atoms with E-state index in [0.717, 1.165) is 23.9 Å². The predicted molar refractivity (Wildman–Crippen MR) is 102 cm³/mol. The molecule has 0 aliphatic carbocycles. The van der Waals surface area contributed by atoms with Gasteiger partial charge in [0.25, 0.3) is 0 Å². The second-order valence-corrected chi connectivity index (χ2v) is 6.88. The monoisotopic (exact) mass is 330 g/mol.